The van der Waals surface area contributed by atoms with E-state index in [9.17, 15) is 0 Å². The van der Waals surface area contributed by atoms with Gasteiger partial charge >= 0.3 is 0 Å². The predicted octanol–water partition coefficient (Wildman–Crippen LogP) is 15.4. The third-order valence-corrected chi connectivity index (χ3v) is 13.2. The molecule has 0 saturated heterocycles. The van der Waals surface area contributed by atoms with Crippen molar-refractivity contribution in [3.63, 3.8) is 0 Å². The summed E-state index contributed by atoms with van der Waals surface area (Å²) in [7, 11) is 0. The zero-order chi connectivity index (χ0) is 45.6. The van der Waals surface area contributed by atoms with E-state index >= 15 is 0 Å². The SMILES string of the molecule is [2H]c1c([2H])c([2H])c(-c2cc(-c3cc4c5cc6c(cc5n5c7ccc8sc9ccccc9c8c7c(c3)c45)c3cccc4c5ccccc5n6c43)cc(-c3c([2H])c([2H])c([2H])c([2H])c3[2H])c2)c([2H])c1[2H]. The highest BCUT2D eigenvalue weighted by Crippen LogP contribution is 2.49. The first kappa shape index (κ1) is 22.4. The summed E-state index contributed by atoms with van der Waals surface area (Å²) >= 11 is 1.75. The fraction of sp³-hybridized carbons (Fsp3) is 0. The Kier molecular flexibility index (Phi) is 4.22. The van der Waals surface area contributed by atoms with Crippen molar-refractivity contribution in [3.05, 3.63) is 182 Å². The number of hydrogen-bond donors (Lipinski definition) is 0. The van der Waals surface area contributed by atoms with Crippen molar-refractivity contribution in [2.75, 3.05) is 0 Å². The van der Waals surface area contributed by atoms with E-state index in [1.165, 1.54) is 26.4 Å². The van der Waals surface area contributed by atoms with Gasteiger partial charge in [-0.3, -0.25) is 0 Å². The molecule has 0 saturated carbocycles. The topological polar surface area (TPSA) is 8.82 Å². The number of nitrogens with zero attached hydrogens (tertiary/aromatic N) is 2. The molecule has 0 atom stereocenters. The highest BCUT2D eigenvalue weighted by Gasteiger charge is 2.25. The summed E-state index contributed by atoms with van der Waals surface area (Å²) in [6.07, 6.45) is 0. The van der Waals surface area contributed by atoms with Crippen molar-refractivity contribution in [1.82, 2.24) is 8.80 Å². The standard InChI is InChI=1S/C54H30N2S/c1-3-12-31(13-4-1)33-24-34(32-14-5-2-6-15-32)26-35(25-33)36-27-43-42-30-47-41(39-19-11-18-38-37-16-7-9-20-45(37)55(47)53(38)39)29-48(42)56-46-22-23-50-52(51(46)44(28-36)54(43)56)40-17-8-10-21-49(40)57-50/h1-30H/i1D,2D,3D,4D,5D,6D,12D,13D,14D,15D. The van der Waals surface area contributed by atoms with Gasteiger partial charge in [-0.2, -0.15) is 0 Å². The maximum atomic E-state index is 9.01. The van der Waals surface area contributed by atoms with Crippen LogP contribution in [0.2, 0.25) is 0 Å². The molecule has 0 amide bonds. The zero-order valence-corrected chi connectivity index (χ0v) is 30.7. The van der Waals surface area contributed by atoms with Crippen LogP contribution in [0.5, 0.6) is 0 Å². The van der Waals surface area contributed by atoms with Gasteiger partial charge in [0.05, 0.1) is 46.8 Å². The minimum Gasteiger partial charge on any atom is -0.308 e. The first-order valence-electron chi connectivity index (χ1n) is 23.9. The second-order valence-corrected chi connectivity index (χ2v) is 16.0. The van der Waals surface area contributed by atoms with Gasteiger partial charge in [-0.05, 0) is 100 Å². The molecule has 57 heavy (non-hydrogen) atoms. The quantitative estimate of drug-likeness (QED) is 0.170. The van der Waals surface area contributed by atoms with Crippen LogP contribution in [-0.4, -0.2) is 8.80 Å². The first-order chi connectivity index (χ1) is 32.4. The van der Waals surface area contributed by atoms with Crippen LogP contribution in [0.15, 0.2) is 182 Å². The lowest BCUT2D eigenvalue weighted by Crippen LogP contribution is -1.86. The lowest BCUT2D eigenvalue weighted by Gasteiger charge is -2.12. The van der Waals surface area contributed by atoms with Gasteiger partial charge < -0.3 is 8.80 Å². The number of para-hydroxylation sites is 2. The second-order valence-electron chi connectivity index (χ2n) is 14.9. The van der Waals surface area contributed by atoms with Gasteiger partial charge in [-0.25, -0.2) is 0 Å². The lowest BCUT2D eigenvalue weighted by atomic mass is 9.92. The van der Waals surface area contributed by atoms with E-state index in [0.29, 0.717) is 5.56 Å². The summed E-state index contributed by atoms with van der Waals surface area (Å²) in [6.45, 7) is 0. The Labute approximate surface area is 344 Å². The van der Waals surface area contributed by atoms with Gasteiger partial charge in [-0.1, -0.05) is 115 Å². The van der Waals surface area contributed by atoms with Gasteiger partial charge in [0.2, 0.25) is 0 Å². The summed E-state index contributed by atoms with van der Waals surface area (Å²) in [4.78, 5) is 0. The molecule has 0 aliphatic rings. The molecule has 14 rings (SSSR count). The minimum atomic E-state index is -0.528. The number of benzene rings is 9. The summed E-state index contributed by atoms with van der Waals surface area (Å²) in [5.74, 6) is 0. The average Bonchev–Trinajstić information content (AvgIpc) is 4.14. The van der Waals surface area contributed by atoms with Crippen LogP contribution < -0.4 is 0 Å². The van der Waals surface area contributed by atoms with Crippen molar-refractivity contribution < 1.29 is 13.7 Å². The monoisotopic (exact) mass is 748 g/mol. The van der Waals surface area contributed by atoms with Gasteiger partial charge in [0.1, 0.15) is 0 Å². The fourth-order valence-corrected chi connectivity index (χ4v) is 10.9. The predicted molar refractivity (Wildman–Crippen MR) is 245 cm³/mol. The van der Waals surface area contributed by atoms with Crippen LogP contribution in [0.4, 0.5) is 0 Å². The maximum Gasteiger partial charge on any atom is 0.0629 e. The molecule has 0 N–H and O–H groups in total. The molecule has 5 aromatic heterocycles. The van der Waals surface area contributed by atoms with E-state index in [0.717, 1.165) is 75.6 Å². The molecule has 2 nitrogen and oxygen atoms in total. The Balaban J connectivity index is 1.17. The van der Waals surface area contributed by atoms with E-state index in [-0.39, 0.29) is 22.3 Å². The van der Waals surface area contributed by atoms with E-state index in [2.05, 4.69) is 112 Å². The van der Waals surface area contributed by atoms with Crippen LogP contribution in [0, 0.1) is 0 Å². The Bertz CT molecular complexity index is 4440. The molecule has 0 radical (unpaired) electrons. The molecule has 0 spiro atoms. The highest BCUT2D eigenvalue weighted by atomic mass is 32.1. The zero-order valence-electron chi connectivity index (χ0n) is 39.8. The first-order valence-corrected chi connectivity index (χ1v) is 19.7. The minimum absolute atomic E-state index is 0.0547. The van der Waals surface area contributed by atoms with Crippen LogP contribution in [0.3, 0.4) is 0 Å². The van der Waals surface area contributed by atoms with E-state index in [1.54, 1.807) is 29.5 Å². The summed E-state index contributed by atoms with van der Waals surface area (Å²) in [5.41, 5.74) is 8.24. The van der Waals surface area contributed by atoms with Crippen molar-refractivity contribution in [1.29, 1.82) is 0 Å². The van der Waals surface area contributed by atoms with Crippen molar-refractivity contribution in [3.8, 4) is 33.4 Å². The Morgan fingerprint density at radius 2 is 0.877 bits per heavy atom. The molecular weight excluding hydrogens is 709 g/mol. The largest absolute Gasteiger partial charge is 0.308 e. The van der Waals surface area contributed by atoms with Gasteiger partial charge in [0, 0.05) is 63.3 Å². The lowest BCUT2D eigenvalue weighted by molar-refractivity contribution is 1.36. The van der Waals surface area contributed by atoms with Crippen molar-refractivity contribution >= 4 is 108 Å². The summed E-state index contributed by atoms with van der Waals surface area (Å²) in [6, 6.07) is 37.3. The molecule has 0 unspecified atom stereocenters. The molecular formula is C54H30N2S. The summed E-state index contributed by atoms with van der Waals surface area (Å²) < 4.78 is 94.2. The highest BCUT2D eigenvalue weighted by molar-refractivity contribution is 7.26. The molecule has 9 aromatic carbocycles. The molecule has 0 aliphatic carbocycles. The smallest absolute Gasteiger partial charge is 0.0629 e. The normalized spacial score (nSPS) is 15.0. The molecule has 0 fully saturated rings. The average molecular weight is 749 g/mol. The molecule has 3 heteroatoms. The number of fused-ring (bicyclic) bond motifs is 16. The number of aromatic nitrogens is 2. The van der Waals surface area contributed by atoms with Gasteiger partial charge in [0.15, 0.2) is 0 Å². The number of thiophene rings is 1. The van der Waals surface area contributed by atoms with Crippen LogP contribution in [0.25, 0.3) is 130 Å². The van der Waals surface area contributed by atoms with Crippen LogP contribution in [0.1, 0.15) is 13.7 Å². The van der Waals surface area contributed by atoms with E-state index in [4.69, 9.17) is 13.7 Å². The van der Waals surface area contributed by atoms with Crippen molar-refractivity contribution in [2.24, 2.45) is 0 Å². The second kappa shape index (κ2) is 10.8. The van der Waals surface area contributed by atoms with Crippen LogP contribution in [-0.2, 0) is 0 Å². The number of hydrogen-bond acceptors (Lipinski definition) is 1. The molecule has 262 valence electrons. The third-order valence-electron chi connectivity index (χ3n) is 12.1. The van der Waals surface area contributed by atoms with E-state index in [1.807, 2.05) is 0 Å². The maximum absolute atomic E-state index is 9.01. The third kappa shape index (κ3) is 3.89. The molecule has 0 bridgehead atoms. The Morgan fingerprint density at radius 3 is 1.61 bits per heavy atom. The van der Waals surface area contributed by atoms with Crippen LogP contribution >= 0.6 is 11.3 Å². The van der Waals surface area contributed by atoms with Gasteiger partial charge in [-0.15, -0.1) is 11.3 Å². The molecule has 5 heterocycles. The van der Waals surface area contributed by atoms with Crippen molar-refractivity contribution in [2.45, 2.75) is 0 Å². The molecule has 0 aliphatic heterocycles. The number of rotatable bonds is 3. The summed E-state index contributed by atoms with van der Waals surface area (Å²) in [5, 5.41) is 11.1. The Hall–Kier alpha value is -7.20. The van der Waals surface area contributed by atoms with E-state index < -0.39 is 60.4 Å². The van der Waals surface area contributed by atoms with Gasteiger partial charge in [0.25, 0.3) is 0 Å². The molecule has 14 aromatic rings. The fourth-order valence-electron chi connectivity index (χ4n) is 9.81. The Morgan fingerprint density at radius 1 is 0.333 bits per heavy atom.